The van der Waals surface area contributed by atoms with E-state index in [0.29, 0.717) is 40.6 Å². The number of nitrogens with one attached hydrogen (secondary N) is 1. The second-order valence-corrected chi connectivity index (χ2v) is 5.17. The summed E-state index contributed by atoms with van der Waals surface area (Å²) in [6, 6.07) is 0. The quantitative estimate of drug-likeness (QED) is 0.660. The highest BCUT2D eigenvalue weighted by Crippen LogP contribution is 2.49. The lowest BCUT2D eigenvalue weighted by molar-refractivity contribution is -0.117. The van der Waals surface area contributed by atoms with E-state index >= 15 is 0 Å². The van der Waals surface area contributed by atoms with Gasteiger partial charge in [-0.3, -0.25) is 4.79 Å². The molecule has 1 rings (SSSR count). The van der Waals surface area contributed by atoms with Gasteiger partial charge in [0.1, 0.15) is 0 Å². The van der Waals surface area contributed by atoms with Gasteiger partial charge < -0.3 is 29.4 Å². The minimum absolute atomic E-state index is 0.116. The van der Waals surface area contributed by atoms with E-state index < -0.39 is 0 Å². The molecule has 25 heavy (non-hydrogen) atoms. The average Bonchev–Trinajstić information content (AvgIpc) is 2.63. The molecule has 0 saturated heterocycles. The number of rotatable bonds is 9. The van der Waals surface area contributed by atoms with Crippen LogP contribution >= 0.6 is 0 Å². The SMILES string of the molecule is CC/C(=C\c1c(C)c(OC)c(OC)c(OC)c1OC)C(=O)NCCO. The van der Waals surface area contributed by atoms with Crippen LogP contribution in [0.3, 0.4) is 0 Å². The van der Waals surface area contributed by atoms with E-state index in [2.05, 4.69) is 5.32 Å². The normalized spacial score (nSPS) is 11.1. The first-order chi connectivity index (χ1) is 12.0. The zero-order chi connectivity index (χ0) is 19.0. The minimum Gasteiger partial charge on any atom is -0.492 e. The van der Waals surface area contributed by atoms with Gasteiger partial charge in [-0.1, -0.05) is 6.92 Å². The maximum absolute atomic E-state index is 12.3. The molecule has 0 saturated carbocycles. The molecule has 0 aromatic heterocycles. The van der Waals surface area contributed by atoms with Crippen molar-refractivity contribution in [2.45, 2.75) is 20.3 Å². The smallest absolute Gasteiger partial charge is 0.247 e. The first-order valence-corrected chi connectivity index (χ1v) is 7.96. The summed E-state index contributed by atoms with van der Waals surface area (Å²) in [6.45, 7) is 3.81. The molecular formula is C18H27NO6. The molecule has 0 aliphatic carbocycles. The van der Waals surface area contributed by atoms with Crippen LogP contribution in [0, 0.1) is 6.92 Å². The molecule has 0 radical (unpaired) electrons. The highest BCUT2D eigenvalue weighted by atomic mass is 16.5. The Kier molecular flexibility index (Phi) is 8.07. The van der Waals surface area contributed by atoms with Crippen LogP contribution < -0.4 is 24.3 Å². The summed E-state index contributed by atoms with van der Waals surface area (Å²) in [4.78, 5) is 12.3. The van der Waals surface area contributed by atoms with Crippen molar-refractivity contribution in [3.63, 3.8) is 0 Å². The highest BCUT2D eigenvalue weighted by Gasteiger charge is 2.25. The van der Waals surface area contributed by atoms with Crippen LogP contribution in [-0.4, -0.2) is 52.6 Å². The van der Waals surface area contributed by atoms with Crippen LogP contribution in [0.1, 0.15) is 24.5 Å². The van der Waals surface area contributed by atoms with Gasteiger partial charge in [0.2, 0.25) is 17.4 Å². The molecule has 0 unspecified atom stereocenters. The molecule has 0 aliphatic heterocycles. The van der Waals surface area contributed by atoms with E-state index in [4.69, 9.17) is 24.1 Å². The number of aliphatic hydroxyl groups excluding tert-OH is 1. The number of carbonyl (C=O) groups excluding carboxylic acids is 1. The summed E-state index contributed by atoms with van der Waals surface area (Å²) in [5.41, 5.74) is 1.98. The highest BCUT2D eigenvalue weighted by molar-refractivity contribution is 5.98. The van der Waals surface area contributed by atoms with Crippen molar-refractivity contribution in [2.75, 3.05) is 41.6 Å². The molecule has 1 aromatic rings. The third-order valence-corrected chi connectivity index (χ3v) is 3.81. The molecule has 140 valence electrons. The summed E-state index contributed by atoms with van der Waals surface area (Å²) >= 11 is 0. The monoisotopic (exact) mass is 353 g/mol. The van der Waals surface area contributed by atoms with E-state index in [-0.39, 0.29) is 19.1 Å². The Balaban J connectivity index is 3.62. The lowest BCUT2D eigenvalue weighted by atomic mass is 10.00. The molecule has 1 aromatic carbocycles. The van der Waals surface area contributed by atoms with Gasteiger partial charge >= 0.3 is 0 Å². The Morgan fingerprint density at radius 2 is 1.52 bits per heavy atom. The third kappa shape index (κ3) is 4.36. The number of benzene rings is 1. The predicted octanol–water partition coefficient (Wildman–Crippen LogP) is 1.93. The lowest BCUT2D eigenvalue weighted by Crippen LogP contribution is -2.27. The number of hydrogen-bond acceptors (Lipinski definition) is 6. The minimum atomic E-state index is -0.244. The molecule has 0 atom stereocenters. The Labute approximate surface area is 148 Å². The zero-order valence-corrected chi connectivity index (χ0v) is 15.7. The van der Waals surface area contributed by atoms with Gasteiger partial charge in [0.25, 0.3) is 0 Å². The number of aliphatic hydroxyl groups is 1. The summed E-state index contributed by atoms with van der Waals surface area (Å²) in [5, 5.41) is 11.5. The molecule has 0 bridgehead atoms. The zero-order valence-electron chi connectivity index (χ0n) is 15.7. The molecular weight excluding hydrogens is 326 g/mol. The topological polar surface area (TPSA) is 86.2 Å². The maximum Gasteiger partial charge on any atom is 0.247 e. The van der Waals surface area contributed by atoms with Crippen LogP contribution in [0.25, 0.3) is 6.08 Å². The molecule has 7 heteroatoms. The second kappa shape index (κ2) is 9.78. The summed E-state index contributed by atoms with van der Waals surface area (Å²) < 4.78 is 21.8. The van der Waals surface area contributed by atoms with Gasteiger partial charge in [-0.2, -0.15) is 0 Å². The van der Waals surface area contributed by atoms with E-state index in [1.54, 1.807) is 13.2 Å². The predicted molar refractivity (Wildman–Crippen MR) is 95.8 cm³/mol. The number of carbonyl (C=O) groups is 1. The number of amides is 1. The van der Waals surface area contributed by atoms with Gasteiger partial charge in [0.15, 0.2) is 11.5 Å². The summed E-state index contributed by atoms with van der Waals surface area (Å²) in [5.74, 6) is 1.55. The van der Waals surface area contributed by atoms with Crippen molar-refractivity contribution in [2.24, 2.45) is 0 Å². The average molecular weight is 353 g/mol. The molecule has 1 amide bonds. The molecule has 0 fully saturated rings. The first kappa shape index (κ1) is 20.6. The Morgan fingerprint density at radius 1 is 1.00 bits per heavy atom. The van der Waals surface area contributed by atoms with E-state index in [9.17, 15) is 4.79 Å². The summed E-state index contributed by atoms with van der Waals surface area (Å²) in [6.07, 6.45) is 2.25. The number of methoxy groups -OCH3 is 4. The maximum atomic E-state index is 12.3. The Hall–Kier alpha value is -2.41. The molecule has 0 aliphatic rings. The van der Waals surface area contributed by atoms with Crippen molar-refractivity contribution >= 4 is 12.0 Å². The van der Waals surface area contributed by atoms with Crippen molar-refractivity contribution in [3.8, 4) is 23.0 Å². The van der Waals surface area contributed by atoms with Gasteiger partial charge in [0.05, 0.1) is 35.0 Å². The van der Waals surface area contributed by atoms with Gasteiger partial charge in [-0.15, -0.1) is 0 Å². The second-order valence-electron chi connectivity index (χ2n) is 5.17. The van der Waals surface area contributed by atoms with E-state index in [0.717, 1.165) is 5.56 Å². The van der Waals surface area contributed by atoms with Crippen molar-refractivity contribution < 1.29 is 28.8 Å². The van der Waals surface area contributed by atoms with Gasteiger partial charge in [0, 0.05) is 23.2 Å². The van der Waals surface area contributed by atoms with Crippen LogP contribution in [0.4, 0.5) is 0 Å². The van der Waals surface area contributed by atoms with Crippen LogP contribution in [0.5, 0.6) is 23.0 Å². The fraction of sp³-hybridized carbons (Fsp3) is 0.500. The Bertz CT molecular complexity index is 639. The fourth-order valence-electron chi connectivity index (χ4n) is 2.57. The number of hydrogen-bond donors (Lipinski definition) is 2. The van der Waals surface area contributed by atoms with E-state index in [1.165, 1.54) is 21.3 Å². The van der Waals surface area contributed by atoms with Crippen LogP contribution in [-0.2, 0) is 4.79 Å². The molecule has 2 N–H and O–H groups in total. The van der Waals surface area contributed by atoms with Gasteiger partial charge in [-0.25, -0.2) is 0 Å². The molecule has 0 heterocycles. The van der Waals surface area contributed by atoms with Crippen LogP contribution in [0.2, 0.25) is 0 Å². The standard InChI is InChI=1S/C18H27NO6/c1-7-12(18(21)19-8-9-20)10-13-11(2)14(22-3)16(24-5)17(25-6)15(13)23-4/h10,20H,7-9H2,1-6H3,(H,19,21)/b12-10+. The number of ether oxygens (including phenoxy) is 4. The van der Waals surface area contributed by atoms with E-state index in [1.807, 2.05) is 13.8 Å². The van der Waals surface area contributed by atoms with Gasteiger partial charge in [-0.05, 0) is 19.4 Å². The largest absolute Gasteiger partial charge is 0.492 e. The fourth-order valence-corrected chi connectivity index (χ4v) is 2.57. The van der Waals surface area contributed by atoms with Crippen molar-refractivity contribution in [1.82, 2.24) is 5.32 Å². The van der Waals surface area contributed by atoms with Crippen molar-refractivity contribution in [3.05, 3.63) is 16.7 Å². The summed E-state index contributed by atoms with van der Waals surface area (Å²) in [7, 11) is 6.10. The molecule has 7 nitrogen and oxygen atoms in total. The van der Waals surface area contributed by atoms with Crippen LogP contribution in [0.15, 0.2) is 5.57 Å². The third-order valence-electron chi connectivity index (χ3n) is 3.81. The molecule has 0 spiro atoms. The Morgan fingerprint density at radius 3 is 1.96 bits per heavy atom. The first-order valence-electron chi connectivity index (χ1n) is 7.96. The lowest BCUT2D eigenvalue weighted by Gasteiger charge is -2.20. The van der Waals surface area contributed by atoms with Crippen molar-refractivity contribution in [1.29, 1.82) is 0 Å².